The van der Waals surface area contributed by atoms with Crippen LogP contribution in [0, 0.1) is 29.1 Å². The molecule has 5 heterocycles. The van der Waals surface area contributed by atoms with Gasteiger partial charge in [0.2, 0.25) is 0 Å². The van der Waals surface area contributed by atoms with Gasteiger partial charge >= 0.3 is 6.03 Å². The molecule has 4 saturated carbocycles. The lowest BCUT2D eigenvalue weighted by Crippen LogP contribution is -2.43. The van der Waals surface area contributed by atoms with Gasteiger partial charge in [-0.3, -0.25) is 9.69 Å². The number of hydrogen-bond acceptors (Lipinski definition) is 8. The highest BCUT2D eigenvalue weighted by atomic mass is 32.2. The SMILES string of the molecule is CC1(C)C[C@@H]2CCCNc3cccc(n3)S(=O)(=O)NC(=O)c3ccc(N4CCN(CC56CC7CC(C5)C(C7)C6)C4=O)nc3N1C2. The van der Waals surface area contributed by atoms with Crippen molar-refractivity contribution in [2.24, 2.45) is 29.1 Å². The fourth-order valence-corrected chi connectivity index (χ4v) is 10.9. The molecule has 8 bridgehead atoms. The summed E-state index contributed by atoms with van der Waals surface area (Å²) in [5.74, 6) is 3.52. The van der Waals surface area contributed by atoms with E-state index in [0.717, 1.165) is 43.6 Å². The number of sulfonamides is 1. The topological polar surface area (TPSA) is 128 Å². The fourth-order valence-electron chi connectivity index (χ4n) is 9.94. The molecule has 2 N–H and O–H groups in total. The van der Waals surface area contributed by atoms with Crippen LogP contribution in [-0.2, 0) is 10.0 Å². The van der Waals surface area contributed by atoms with Crippen LogP contribution in [0.2, 0.25) is 0 Å². The van der Waals surface area contributed by atoms with Crippen LogP contribution in [0.5, 0.6) is 0 Å². The van der Waals surface area contributed by atoms with Crippen molar-refractivity contribution in [1.82, 2.24) is 19.6 Å². The summed E-state index contributed by atoms with van der Waals surface area (Å²) in [6.07, 6.45) is 9.31. The number of anilines is 3. The smallest absolute Gasteiger partial charge is 0.325 e. The van der Waals surface area contributed by atoms with Gasteiger partial charge in [0.25, 0.3) is 15.9 Å². The van der Waals surface area contributed by atoms with Gasteiger partial charge < -0.3 is 15.1 Å². The van der Waals surface area contributed by atoms with Crippen LogP contribution in [0.1, 0.15) is 75.6 Å². The van der Waals surface area contributed by atoms with Crippen molar-refractivity contribution in [3.05, 3.63) is 35.9 Å². The van der Waals surface area contributed by atoms with Gasteiger partial charge in [0.15, 0.2) is 5.03 Å². The summed E-state index contributed by atoms with van der Waals surface area (Å²) in [5, 5.41) is 3.00. The monoisotopic (exact) mass is 633 g/mol. The van der Waals surface area contributed by atoms with Crippen LogP contribution >= 0.6 is 0 Å². The van der Waals surface area contributed by atoms with Crippen molar-refractivity contribution in [1.29, 1.82) is 0 Å². The Hall–Kier alpha value is -3.41. The van der Waals surface area contributed by atoms with E-state index in [4.69, 9.17) is 4.98 Å². The van der Waals surface area contributed by atoms with Gasteiger partial charge in [-0.15, -0.1) is 0 Å². The molecule has 45 heavy (non-hydrogen) atoms. The van der Waals surface area contributed by atoms with E-state index in [1.807, 2.05) is 4.90 Å². The van der Waals surface area contributed by atoms with Gasteiger partial charge in [0, 0.05) is 38.3 Å². The van der Waals surface area contributed by atoms with E-state index in [2.05, 4.69) is 33.8 Å². The van der Waals surface area contributed by atoms with E-state index in [1.165, 1.54) is 38.2 Å². The summed E-state index contributed by atoms with van der Waals surface area (Å²) >= 11 is 0. The second kappa shape index (κ2) is 10.3. The minimum Gasteiger partial charge on any atom is -0.370 e. The third kappa shape index (κ3) is 5.03. The molecular formula is C33H43N7O4S. The normalized spacial score (nSPS) is 33.1. The largest absolute Gasteiger partial charge is 0.370 e. The molecule has 9 rings (SSSR count). The first-order valence-electron chi connectivity index (χ1n) is 16.6. The third-order valence-electron chi connectivity index (χ3n) is 11.6. The van der Waals surface area contributed by atoms with Crippen molar-refractivity contribution in [3.8, 4) is 0 Å². The standard InChI is InChI=1S/C33H43N7O4S/c1-32(2)15-21-5-4-10-34-26-6-3-7-28(35-26)45(43,44)37-30(41)25-8-9-27(36-29(25)40(32)19-21)39-12-11-38(31(39)42)20-33-16-22-13-23(17-33)24(14-22)18-33/h3,6-9,21-24H,4-5,10-20H2,1-2H3,(H,34,35)(H,37,41)/t21-,22?,23?,24?,33?/m0/s1. The molecule has 2 unspecified atom stereocenters. The highest BCUT2D eigenvalue weighted by Crippen LogP contribution is 2.64. The third-order valence-corrected chi connectivity index (χ3v) is 12.8. The van der Waals surface area contributed by atoms with Crippen LogP contribution in [0.4, 0.5) is 22.2 Å². The first-order chi connectivity index (χ1) is 21.5. The number of carbonyl (C=O) groups is 2. The fraction of sp³-hybridized carbons (Fsp3) is 0.636. The Balaban J connectivity index is 1.11. The van der Waals surface area contributed by atoms with E-state index in [9.17, 15) is 18.0 Å². The second-order valence-electron chi connectivity index (χ2n) is 15.2. The lowest BCUT2D eigenvalue weighted by Gasteiger charge is -2.40. The number of pyridine rings is 2. The molecule has 12 heteroatoms. The van der Waals surface area contributed by atoms with Gasteiger partial charge in [0.1, 0.15) is 17.5 Å². The molecule has 0 aromatic carbocycles. The predicted octanol–water partition coefficient (Wildman–Crippen LogP) is 4.47. The van der Waals surface area contributed by atoms with Crippen molar-refractivity contribution in [2.45, 2.75) is 75.8 Å². The van der Waals surface area contributed by atoms with E-state index in [1.54, 1.807) is 29.2 Å². The number of hydrogen-bond donors (Lipinski definition) is 2. The minimum absolute atomic E-state index is 0.0271. The maximum Gasteiger partial charge on any atom is 0.325 e. The molecular weight excluding hydrogens is 590 g/mol. The Morgan fingerprint density at radius 3 is 2.53 bits per heavy atom. The Morgan fingerprint density at radius 1 is 0.956 bits per heavy atom. The van der Waals surface area contributed by atoms with Crippen molar-refractivity contribution < 1.29 is 18.0 Å². The summed E-state index contributed by atoms with van der Waals surface area (Å²) in [6, 6.07) is 8.00. The minimum atomic E-state index is -4.24. The van der Waals surface area contributed by atoms with Crippen molar-refractivity contribution in [3.63, 3.8) is 0 Å². The number of nitrogens with zero attached hydrogens (tertiary/aromatic N) is 5. The second-order valence-corrected chi connectivity index (χ2v) is 16.9. The molecule has 11 nitrogen and oxygen atoms in total. The Kier molecular flexibility index (Phi) is 6.64. The number of fused-ring (bicyclic) bond motifs is 6. The number of amides is 3. The zero-order valence-electron chi connectivity index (χ0n) is 26.2. The molecule has 7 aliphatic rings. The Bertz CT molecular complexity index is 1640. The number of aromatic nitrogens is 2. The molecule has 2 aromatic rings. The van der Waals surface area contributed by atoms with Gasteiger partial charge in [-0.1, -0.05) is 6.07 Å². The molecule has 3 amide bonds. The van der Waals surface area contributed by atoms with E-state index in [-0.39, 0.29) is 27.6 Å². The van der Waals surface area contributed by atoms with Gasteiger partial charge in [-0.25, -0.2) is 19.5 Å². The number of carbonyl (C=O) groups excluding carboxylic acids is 2. The van der Waals surface area contributed by atoms with E-state index >= 15 is 0 Å². The Labute approximate surface area is 265 Å². The highest BCUT2D eigenvalue weighted by Gasteiger charge is 2.56. The number of urea groups is 1. The van der Waals surface area contributed by atoms with Crippen LogP contribution < -0.4 is 19.8 Å². The Morgan fingerprint density at radius 2 is 1.76 bits per heavy atom. The molecule has 3 aliphatic heterocycles. The summed E-state index contributed by atoms with van der Waals surface area (Å²) in [5.41, 5.74) is 0.122. The summed E-state index contributed by atoms with van der Waals surface area (Å²) in [7, 11) is -4.24. The van der Waals surface area contributed by atoms with E-state index < -0.39 is 15.9 Å². The molecule has 6 fully saturated rings. The first-order valence-corrected chi connectivity index (χ1v) is 18.1. The highest BCUT2D eigenvalue weighted by molar-refractivity contribution is 7.90. The molecule has 2 saturated heterocycles. The predicted molar refractivity (Wildman–Crippen MR) is 171 cm³/mol. The summed E-state index contributed by atoms with van der Waals surface area (Å²) in [4.78, 5) is 42.7. The van der Waals surface area contributed by atoms with Gasteiger partial charge in [0.05, 0.1) is 5.56 Å². The number of rotatable bonds is 3. The average molecular weight is 634 g/mol. The molecule has 0 radical (unpaired) electrons. The van der Waals surface area contributed by atoms with Crippen LogP contribution in [0.15, 0.2) is 35.4 Å². The van der Waals surface area contributed by atoms with E-state index in [0.29, 0.717) is 49.6 Å². The number of nitrogens with one attached hydrogen (secondary N) is 2. The van der Waals surface area contributed by atoms with Crippen molar-refractivity contribution in [2.75, 3.05) is 47.8 Å². The first kappa shape index (κ1) is 29.0. The maximum absolute atomic E-state index is 13.9. The molecule has 4 aliphatic carbocycles. The quantitative estimate of drug-likeness (QED) is 0.507. The molecule has 2 aromatic heterocycles. The molecule has 0 spiro atoms. The van der Waals surface area contributed by atoms with Crippen LogP contribution in [0.25, 0.3) is 0 Å². The van der Waals surface area contributed by atoms with Crippen LogP contribution in [0.3, 0.4) is 0 Å². The summed E-state index contributed by atoms with van der Waals surface area (Å²) in [6.45, 7) is 7.66. The van der Waals surface area contributed by atoms with Crippen LogP contribution in [-0.4, -0.2) is 73.5 Å². The van der Waals surface area contributed by atoms with Gasteiger partial charge in [-0.2, -0.15) is 8.42 Å². The lowest BCUT2D eigenvalue weighted by molar-refractivity contribution is 0.0981. The summed E-state index contributed by atoms with van der Waals surface area (Å²) < 4.78 is 28.8. The lowest BCUT2D eigenvalue weighted by atomic mass is 9.69. The van der Waals surface area contributed by atoms with Crippen molar-refractivity contribution >= 4 is 39.4 Å². The molecule has 3 atom stereocenters. The average Bonchev–Trinajstić information content (AvgIpc) is 3.67. The zero-order chi connectivity index (χ0) is 31.1. The van der Waals surface area contributed by atoms with Gasteiger partial charge in [-0.05, 0) is 119 Å². The maximum atomic E-state index is 13.9. The molecule has 240 valence electrons. The zero-order valence-corrected chi connectivity index (χ0v) is 27.0.